The van der Waals surface area contributed by atoms with Crippen molar-refractivity contribution in [1.82, 2.24) is 5.32 Å². The van der Waals surface area contributed by atoms with Crippen LogP contribution in [0.2, 0.25) is 0 Å². The highest BCUT2D eigenvalue weighted by atomic mass is 16.1. The molecule has 0 aliphatic carbocycles. The van der Waals surface area contributed by atoms with E-state index in [0.29, 0.717) is 0 Å². The monoisotopic (exact) mass is 165 g/mol. The predicted octanol–water partition coefficient (Wildman–Crippen LogP) is 1.64. The van der Waals surface area contributed by atoms with E-state index in [1.807, 2.05) is 19.1 Å². The number of carbonyl (C=O) groups excluding carboxylic acids is 1. The minimum Gasteiger partial charge on any atom is -0.384 e. The molecule has 1 rings (SSSR count). The van der Waals surface area contributed by atoms with Crippen LogP contribution in [0.4, 0.5) is 0 Å². The van der Waals surface area contributed by atoms with E-state index in [1.54, 1.807) is 6.08 Å². The molecule has 12 heavy (non-hydrogen) atoms. The summed E-state index contributed by atoms with van der Waals surface area (Å²) in [4.78, 5) is 11.2. The fraction of sp³-hybridized carbons (Fsp3) is 0.500. The van der Waals surface area contributed by atoms with Crippen molar-refractivity contribution in [3.8, 4) is 0 Å². The average Bonchev–Trinajstić information content (AvgIpc) is 2.07. The normalized spacial score (nSPS) is 24.0. The summed E-state index contributed by atoms with van der Waals surface area (Å²) in [5, 5.41) is 3.19. The summed E-state index contributed by atoms with van der Waals surface area (Å²) >= 11 is 0. The molecule has 1 unspecified atom stereocenters. The zero-order valence-electron chi connectivity index (χ0n) is 7.63. The van der Waals surface area contributed by atoms with E-state index >= 15 is 0 Å². The van der Waals surface area contributed by atoms with E-state index in [-0.39, 0.29) is 11.7 Å². The fourth-order valence-corrected chi connectivity index (χ4v) is 1.07. The van der Waals surface area contributed by atoms with Crippen LogP contribution in [0.5, 0.6) is 0 Å². The van der Waals surface area contributed by atoms with Gasteiger partial charge in [0.1, 0.15) is 0 Å². The Kier molecular flexibility index (Phi) is 3.09. The molecule has 0 aromatic rings. The number of ketones is 1. The average molecular weight is 165 g/mol. The number of hydrogen-bond acceptors (Lipinski definition) is 2. The van der Waals surface area contributed by atoms with Crippen molar-refractivity contribution in [2.75, 3.05) is 6.54 Å². The maximum atomic E-state index is 11.2. The van der Waals surface area contributed by atoms with Crippen LogP contribution < -0.4 is 5.32 Å². The molecule has 0 aromatic carbocycles. The van der Waals surface area contributed by atoms with Crippen molar-refractivity contribution in [2.45, 2.75) is 20.3 Å². The summed E-state index contributed by atoms with van der Waals surface area (Å²) in [6.45, 7) is 4.77. The first kappa shape index (κ1) is 9.04. The lowest BCUT2D eigenvalue weighted by Crippen LogP contribution is -2.30. The summed E-state index contributed by atoms with van der Waals surface area (Å²) in [5.41, 5.74) is 0.944. The molecule has 0 saturated heterocycles. The molecule has 0 spiro atoms. The highest BCUT2D eigenvalue weighted by Crippen LogP contribution is 2.07. The SMILES string of the molecule is CC/C=C/C1=CC(=O)C(C)CN1. The van der Waals surface area contributed by atoms with Gasteiger partial charge in [-0.1, -0.05) is 19.9 Å². The summed E-state index contributed by atoms with van der Waals surface area (Å²) < 4.78 is 0. The molecule has 1 atom stereocenters. The highest BCUT2D eigenvalue weighted by molar-refractivity contribution is 5.93. The second-order valence-corrected chi connectivity index (χ2v) is 3.09. The Balaban J connectivity index is 2.62. The minimum absolute atomic E-state index is 0.128. The first-order valence-corrected chi connectivity index (χ1v) is 4.40. The molecule has 0 fully saturated rings. The molecule has 66 valence electrons. The molecule has 1 aliphatic heterocycles. The van der Waals surface area contributed by atoms with Crippen molar-refractivity contribution < 1.29 is 4.79 Å². The van der Waals surface area contributed by atoms with E-state index in [0.717, 1.165) is 18.7 Å². The molecule has 0 saturated carbocycles. The van der Waals surface area contributed by atoms with E-state index in [4.69, 9.17) is 0 Å². The lowest BCUT2D eigenvalue weighted by atomic mass is 10.0. The second-order valence-electron chi connectivity index (χ2n) is 3.09. The number of allylic oxidation sites excluding steroid dienone is 3. The van der Waals surface area contributed by atoms with E-state index in [9.17, 15) is 4.79 Å². The van der Waals surface area contributed by atoms with E-state index < -0.39 is 0 Å². The topological polar surface area (TPSA) is 29.1 Å². The molecule has 0 aromatic heterocycles. The molecule has 1 N–H and O–H groups in total. The summed E-state index contributed by atoms with van der Waals surface area (Å²) in [6, 6.07) is 0. The van der Waals surface area contributed by atoms with Gasteiger partial charge in [-0.25, -0.2) is 0 Å². The zero-order chi connectivity index (χ0) is 8.97. The standard InChI is InChI=1S/C10H15NO/c1-3-4-5-9-6-10(12)8(2)7-11-9/h4-6,8,11H,3,7H2,1-2H3/b5-4+. The van der Waals surface area contributed by atoms with Gasteiger partial charge in [-0.05, 0) is 12.5 Å². The van der Waals surface area contributed by atoms with Gasteiger partial charge in [0.2, 0.25) is 0 Å². The maximum absolute atomic E-state index is 11.2. The Morgan fingerprint density at radius 1 is 1.75 bits per heavy atom. The number of nitrogens with one attached hydrogen (secondary N) is 1. The van der Waals surface area contributed by atoms with Crippen molar-refractivity contribution in [3.63, 3.8) is 0 Å². The lowest BCUT2D eigenvalue weighted by molar-refractivity contribution is -0.118. The molecular formula is C10H15NO. The minimum atomic E-state index is 0.128. The second kappa shape index (κ2) is 4.10. The van der Waals surface area contributed by atoms with Crippen LogP contribution in [0.3, 0.4) is 0 Å². The third-order valence-electron chi connectivity index (χ3n) is 1.93. The molecular weight excluding hydrogens is 150 g/mol. The van der Waals surface area contributed by atoms with E-state index in [1.165, 1.54) is 0 Å². The summed E-state index contributed by atoms with van der Waals surface area (Å²) in [5.74, 6) is 0.355. The van der Waals surface area contributed by atoms with Crippen molar-refractivity contribution in [3.05, 3.63) is 23.9 Å². The van der Waals surface area contributed by atoms with Gasteiger partial charge in [-0.3, -0.25) is 4.79 Å². The first-order valence-electron chi connectivity index (χ1n) is 4.40. The van der Waals surface area contributed by atoms with Crippen molar-refractivity contribution in [1.29, 1.82) is 0 Å². The third-order valence-corrected chi connectivity index (χ3v) is 1.93. The quantitative estimate of drug-likeness (QED) is 0.674. The highest BCUT2D eigenvalue weighted by Gasteiger charge is 2.15. The Labute approximate surface area is 73.4 Å². The van der Waals surface area contributed by atoms with Crippen LogP contribution in [0.25, 0.3) is 0 Å². The van der Waals surface area contributed by atoms with Gasteiger partial charge in [0.25, 0.3) is 0 Å². The lowest BCUT2D eigenvalue weighted by Gasteiger charge is -2.17. The molecule has 0 radical (unpaired) electrons. The van der Waals surface area contributed by atoms with Crippen molar-refractivity contribution in [2.24, 2.45) is 5.92 Å². The molecule has 1 aliphatic rings. The van der Waals surface area contributed by atoms with Crippen LogP contribution in [0.15, 0.2) is 23.9 Å². The molecule has 2 nitrogen and oxygen atoms in total. The molecule has 2 heteroatoms. The van der Waals surface area contributed by atoms with Crippen LogP contribution in [-0.4, -0.2) is 12.3 Å². The van der Waals surface area contributed by atoms with Gasteiger partial charge >= 0.3 is 0 Å². The predicted molar refractivity (Wildman–Crippen MR) is 49.7 cm³/mol. The first-order chi connectivity index (χ1) is 5.74. The molecule has 0 amide bonds. The van der Waals surface area contributed by atoms with Gasteiger partial charge in [0.15, 0.2) is 5.78 Å². The number of hydrogen-bond donors (Lipinski definition) is 1. The Morgan fingerprint density at radius 3 is 3.08 bits per heavy atom. The van der Waals surface area contributed by atoms with E-state index in [2.05, 4.69) is 12.2 Å². The summed E-state index contributed by atoms with van der Waals surface area (Å²) in [7, 11) is 0. The van der Waals surface area contributed by atoms with Crippen LogP contribution in [0.1, 0.15) is 20.3 Å². The summed E-state index contributed by atoms with van der Waals surface area (Å²) in [6.07, 6.45) is 6.69. The van der Waals surface area contributed by atoms with Crippen molar-refractivity contribution >= 4 is 5.78 Å². The molecule has 1 heterocycles. The maximum Gasteiger partial charge on any atom is 0.162 e. The smallest absolute Gasteiger partial charge is 0.162 e. The Hall–Kier alpha value is -1.05. The van der Waals surface area contributed by atoms with Crippen LogP contribution in [0, 0.1) is 5.92 Å². The number of carbonyl (C=O) groups is 1. The Morgan fingerprint density at radius 2 is 2.50 bits per heavy atom. The zero-order valence-corrected chi connectivity index (χ0v) is 7.63. The van der Waals surface area contributed by atoms with Gasteiger partial charge < -0.3 is 5.32 Å². The Bertz CT molecular complexity index is 228. The fourth-order valence-electron chi connectivity index (χ4n) is 1.07. The third kappa shape index (κ3) is 2.22. The van der Waals surface area contributed by atoms with Gasteiger partial charge in [0, 0.05) is 24.2 Å². The van der Waals surface area contributed by atoms with Crippen LogP contribution >= 0.6 is 0 Å². The van der Waals surface area contributed by atoms with Crippen LogP contribution in [-0.2, 0) is 4.79 Å². The molecule has 0 bridgehead atoms. The largest absolute Gasteiger partial charge is 0.384 e. The van der Waals surface area contributed by atoms with Gasteiger partial charge in [0.05, 0.1) is 0 Å². The number of rotatable bonds is 2. The van der Waals surface area contributed by atoms with Gasteiger partial charge in [-0.15, -0.1) is 0 Å². The van der Waals surface area contributed by atoms with Gasteiger partial charge in [-0.2, -0.15) is 0 Å².